The van der Waals surface area contributed by atoms with Crippen LogP contribution in [0.3, 0.4) is 0 Å². The molecule has 1 atom stereocenters. The standard InChI is InChI=1S/C21H36O2/c1-3-4-5-6-7-8-9-10-11-12-13-14-20(22)19-17-18(2)15-16-21(19)23/h15-17,20,22-23H,3-14H2,1-2H3/t20-/m1/s1. The lowest BCUT2D eigenvalue weighted by molar-refractivity contribution is 0.159. The van der Waals surface area contributed by atoms with Crippen molar-refractivity contribution in [2.75, 3.05) is 0 Å². The number of rotatable bonds is 13. The van der Waals surface area contributed by atoms with Crippen molar-refractivity contribution in [1.82, 2.24) is 0 Å². The number of hydrogen-bond acceptors (Lipinski definition) is 2. The van der Waals surface area contributed by atoms with Gasteiger partial charge in [0.15, 0.2) is 0 Å². The third-order valence-electron chi connectivity index (χ3n) is 4.62. The molecule has 0 spiro atoms. The Balaban J connectivity index is 2.01. The number of benzene rings is 1. The minimum Gasteiger partial charge on any atom is -0.508 e. The Morgan fingerprint density at radius 3 is 1.91 bits per heavy atom. The lowest BCUT2D eigenvalue weighted by Crippen LogP contribution is -1.98. The van der Waals surface area contributed by atoms with Gasteiger partial charge in [0.1, 0.15) is 5.75 Å². The number of hydrogen-bond donors (Lipinski definition) is 2. The summed E-state index contributed by atoms with van der Waals surface area (Å²) in [5.41, 5.74) is 1.76. The second kappa shape index (κ2) is 12.4. The zero-order valence-electron chi connectivity index (χ0n) is 15.2. The van der Waals surface area contributed by atoms with Gasteiger partial charge in [0, 0.05) is 5.56 Å². The normalized spacial score (nSPS) is 12.5. The minimum absolute atomic E-state index is 0.214. The van der Waals surface area contributed by atoms with Crippen LogP contribution >= 0.6 is 0 Å². The lowest BCUT2D eigenvalue weighted by atomic mass is 9.99. The fraction of sp³-hybridized carbons (Fsp3) is 0.714. The molecule has 2 N–H and O–H groups in total. The molecule has 0 fully saturated rings. The summed E-state index contributed by atoms with van der Waals surface area (Å²) >= 11 is 0. The third-order valence-corrected chi connectivity index (χ3v) is 4.62. The number of aryl methyl sites for hydroxylation is 1. The van der Waals surface area contributed by atoms with Crippen molar-refractivity contribution >= 4 is 0 Å². The third kappa shape index (κ3) is 9.00. The highest BCUT2D eigenvalue weighted by atomic mass is 16.3. The Labute approximate surface area is 142 Å². The van der Waals surface area contributed by atoms with Crippen molar-refractivity contribution in [3.63, 3.8) is 0 Å². The first-order valence-electron chi connectivity index (χ1n) is 9.62. The van der Waals surface area contributed by atoms with E-state index in [-0.39, 0.29) is 5.75 Å². The predicted molar refractivity (Wildman–Crippen MR) is 98.9 cm³/mol. The number of phenolic OH excluding ortho intramolecular Hbond substituents is 1. The number of aromatic hydroxyl groups is 1. The molecule has 132 valence electrons. The van der Waals surface area contributed by atoms with Crippen LogP contribution < -0.4 is 0 Å². The van der Waals surface area contributed by atoms with Crippen LogP contribution in [0.25, 0.3) is 0 Å². The molecule has 0 aliphatic rings. The molecule has 0 aromatic heterocycles. The van der Waals surface area contributed by atoms with Crippen LogP contribution in [0, 0.1) is 6.92 Å². The van der Waals surface area contributed by atoms with Crippen molar-refractivity contribution < 1.29 is 10.2 Å². The second-order valence-electron chi connectivity index (χ2n) is 6.90. The molecule has 2 nitrogen and oxygen atoms in total. The maximum Gasteiger partial charge on any atom is 0.121 e. The van der Waals surface area contributed by atoms with E-state index in [2.05, 4.69) is 6.92 Å². The number of phenols is 1. The molecule has 0 bridgehead atoms. The zero-order valence-corrected chi connectivity index (χ0v) is 15.2. The number of aliphatic hydroxyl groups excluding tert-OH is 1. The van der Waals surface area contributed by atoms with Crippen molar-refractivity contribution in [1.29, 1.82) is 0 Å². The summed E-state index contributed by atoms with van der Waals surface area (Å²) in [5.74, 6) is 0.214. The maximum absolute atomic E-state index is 10.2. The maximum atomic E-state index is 10.2. The molecule has 0 heterocycles. The number of aliphatic hydroxyl groups is 1. The average Bonchev–Trinajstić information content (AvgIpc) is 2.54. The summed E-state index contributed by atoms with van der Waals surface area (Å²) in [6, 6.07) is 5.43. The Hall–Kier alpha value is -1.02. The average molecular weight is 321 g/mol. The lowest BCUT2D eigenvalue weighted by Gasteiger charge is -2.13. The summed E-state index contributed by atoms with van der Waals surface area (Å²) in [5, 5.41) is 20.0. The molecule has 1 aromatic carbocycles. The Morgan fingerprint density at radius 2 is 1.35 bits per heavy atom. The van der Waals surface area contributed by atoms with Gasteiger partial charge in [-0.15, -0.1) is 0 Å². The van der Waals surface area contributed by atoms with Crippen molar-refractivity contribution in [2.24, 2.45) is 0 Å². The molecule has 0 saturated carbocycles. The predicted octanol–water partition coefficient (Wildman–Crippen LogP) is 6.44. The van der Waals surface area contributed by atoms with E-state index in [0.717, 1.165) is 18.4 Å². The summed E-state index contributed by atoms with van der Waals surface area (Å²) in [7, 11) is 0. The number of unbranched alkanes of at least 4 members (excludes halogenated alkanes) is 10. The van der Waals surface area contributed by atoms with Gasteiger partial charge in [-0.05, 0) is 25.5 Å². The van der Waals surface area contributed by atoms with Gasteiger partial charge in [-0.1, -0.05) is 89.2 Å². The molecule has 23 heavy (non-hydrogen) atoms. The zero-order chi connectivity index (χ0) is 16.9. The highest BCUT2D eigenvalue weighted by Gasteiger charge is 2.11. The van der Waals surface area contributed by atoms with Gasteiger partial charge < -0.3 is 10.2 Å². The quantitative estimate of drug-likeness (QED) is 0.411. The summed E-state index contributed by atoms with van der Waals surface area (Å²) in [6.45, 7) is 4.25. The molecule has 0 unspecified atom stereocenters. The van der Waals surface area contributed by atoms with Crippen molar-refractivity contribution in [2.45, 2.75) is 97.0 Å². The van der Waals surface area contributed by atoms with E-state index in [1.807, 2.05) is 19.1 Å². The summed E-state index contributed by atoms with van der Waals surface area (Å²) in [4.78, 5) is 0. The van der Waals surface area contributed by atoms with Crippen LogP contribution in [0.4, 0.5) is 0 Å². The molecule has 0 radical (unpaired) electrons. The highest BCUT2D eigenvalue weighted by Crippen LogP contribution is 2.28. The van der Waals surface area contributed by atoms with Crippen LogP contribution in [0.1, 0.15) is 101 Å². The molecule has 0 amide bonds. The molecular weight excluding hydrogens is 284 g/mol. The smallest absolute Gasteiger partial charge is 0.121 e. The van der Waals surface area contributed by atoms with Crippen LogP contribution in [0.5, 0.6) is 5.75 Å². The molecule has 0 saturated heterocycles. The molecule has 0 aliphatic carbocycles. The van der Waals surface area contributed by atoms with E-state index in [4.69, 9.17) is 0 Å². The highest BCUT2D eigenvalue weighted by molar-refractivity contribution is 5.37. The molecule has 1 aromatic rings. The van der Waals surface area contributed by atoms with E-state index >= 15 is 0 Å². The molecule has 1 rings (SSSR count). The van der Waals surface area contributed by atoms with Crippen molar-refractivity contribution in [3.05, 3.63) is 29.3 Å². The molecular formula is C21H36O2. The Morgan fingerprint density at radius 1 is 0.826 bits per heavy atom. The van der Waals surface area contributed by atoms with Gasteiger partial charge >= 0.3 is 0 Å². The van der Waals surface area contributed by atoms with E-state index in [0.29, 0.717) is 5.56 Å². The topological polar surface area (TPSA) is 40.5 Å². The first-order chi connectivity index (χ1) is 11.1. The van der Waals surface area contributed by atoms with Gasteiger partial charge in [-0.25, -0.2) is 0 Å². The van der Waals surface area contributed by atoms with Crippen LogP contribution in [-0.4, -0.2) is 10.2 Å². The van der Waals surface area contributed by atoms with Gasteiger partial charge in [0.25, 0.3) is 0 Å². The van der Waals surface area contributed by atoms with E-state index in [1.165, 1.54) is 64.2 Å². The van der Waals surface area contributed by atoms with Gasteiger partial charge in [-0.3, -0.25) is 0 Å². The largest absolute Gasteiger partial charge is 0.508 e. The van der Waals surface area contributed by atoms with Gasteiger partial charge in [0.05, 0.1) is 6.10 Å². The van der Waals surface area contributed by atoms with Gasteiger partial charge in [0.2, 0.25) is 0 Å². The summed E-state index contributed by atoms with van der Waals surface area (Å²) in [6.07, 6.45) is 14.7. The van der Waals surface area contributed by atoms with E-state index in [1.54, 1.807) is 6.07 Å². The van der Waals surface area contributed by atoms with Crippen LogP contribution in [-0.2, 0) is 0 Å². The minimum atomic E-state index is -0.534. The first kappa shape index (κ1) is 20.0. The molecule has 2 heteroatoms. The van der Waals surface area contributed by atoms with Crippen LogP contribution in [0.2, 0.25) is 0 Å². The molecule has 0 aliphatic heterocycles. The fourth-order valence-corrected chi connectivity index (χ4v) is 3.10. The SMILES string of the molecule is CCCCCCCCCCCCC[C@@H](O)c1cc(C)ccc1O. The van der Waals surface area contributed by atoms with Crippen LogP contribution in [0.15, 0.2) is 18.2 Å². The van der Waals surface area contributed by atoms with E-state index < -0.39 is 6.10 Å². The van der Waals surface area contributed by atoms with Gasteiger partial charge in [-0.2, -0.15) is 0 Å². The first-order valence-corrected chi connectivity index (χ1v) is 9.62. The second-order valence-corrected chi connectivity index (χ2v) is 6.90. The summed E-state index contributed by atoms with van der Waals surface area (Å²) < 4.78 is 0. The van der Waals surface area contributed by atoms with E-state index in [9.17, 15) is 10.2 Å². The fourth-order valence-electron chi connectivity index (χ4n) is 3.10. The Kier molecular flexibility index (Phi) is 10.8. The van der Waals surface area contributed by atoms with Crippen molar-refractivity contribution in [3.8, 4) is 5.75 Å². The Bertz CT molecular complexity index is 414. The monoisotopic (exact) mass is 320 g/mol.